The van der Waals surface area contributed by atoms with E-state index >= 15 is 0 Å². The van der Waals surface area contributed by atoms with E-state index in [4.69, 9.17) is 4.74 Å². The van der Waals surface area contributed by atoms with Gasteiger partial charge in [0.2, 0.25) is 0 Å². The van der Waals surface area contributed by atoms with Gasteiger partial charge in [-0.05, 0) is 17.9 Å². The van der Waals surface area contributed by atoms with Gasteiger partial charge in [0.15, 0.2) is 5.78 Å². The molecule has 102 valence electrons. The third-order valence-electron chi connectivity index (χ3n) is 4.07. The minimum absolute atomic E-state index is 0.0738. The van der Waals surface area contributed by atoms with Crippen LogP contribution in [0.3, 0.4) is 0 Å². The molecule has 1 saturated heterocycles. The zero-order valence-corrected chi connectivity index (χ0v) is 11.5. The highest BCUT2D eigenvalue weighted by Gasteiger charge is 2.40. The topological polar surface area (TPSA) is 49.8 Å². The summed E-state index contributed by atoms with van der Waals surface area (Å²) in [4.78, 5) is 14.2. The Bertz CT molecular complexity index is 356. The highest BCUT2D eigenvalue weighted by molar-refractivity contribution is 5.95. The lowest BCUT2D eigenvalue weighted by Gasteiger charge is -2.40. The molecule has 1 N–H and O–H groups in total. The summed E-state index contributed by atoms with van der Waals surface area (Å²) in [7, 11) is 0. The number of hydrogen-bond donors (Lipinski definition) is 1. The number of Topliss-reactive ketones (excluding diaryl/α,β-unsaturated/α-hetero) is 1. The molecule has 0 aromatic rings. The number of ether oxygens (including phenoxy) is 1. The summed E-state index contributed by atoms with van der Waals surface area (Å²) < 4.78 is 5.35. The maximum atomic E-state index is 12.0. The van der Waals surface area contributed by atoms with Crippen molar-refractivity contribution in [1.29, 1.82) is 0 Å². The summed E-state index contributed by atoms with van der Waals surface area (Å²) in [5, 5.41) is 10.6. The van der Waals surface area contributed by atoms with Gasteiger partial charge in [0.25, 0.3) is 0 Å². The largest absolute Gasteiger partial charge is 0.391 e. The lowest BCUT2D eigenvalue weighted by atomic mass is 9.79. The number of morpholine rings is 1. The number of allylic oxidation sites excluding steroid dienone is 1. The molecule has 2 aliphatic rings. The minimum Gasteiger partial charge on any atom is -0.391 e. The molecule has 4 nitrogen and oxygen atoms in total. The number of ketones is 1. The van der Waals surface area contributed by atoms with E-state index in [1.54, 1.807) is 0 Å². The van der Waals surface area contributed by atoms with Gasteiger partial charge in [-0.1, -0.05) is 19.9 Å². The summed E-state index contributed by atoms with van der Waals surface area (Å²) in [6.45, 7) is 8.81. The van der Waals surface area contributed by atoms with Gasteiger partial charge in [-0.15, -0.1) is 0 Å². The van der Waals surface area contributed by atoms with Crippen molar-refractivity contribution < 1.29 is 14.6 Å². The Kier molecular flexibility index (Phi) is 3.90. The normalized spacial score (nSPS) is 34.0. The zero-order chi connectivity index (χ0) is 13.3. The second kappa shape index (κ2) is 5.11. The number of hydrogen-bond acceptors (Lipinski definition) is 4. The molecule has 0 saturated carbocycles. The lowest BCUT2D eigenvalue weighted by Crippen LogP contribution is -2.52. The molecule has 0 aromatic carbocycles. The van der Waals surface area contributed by atoms with Crippen LogP contribution in [0.2, 0.25) is 0 Å². The van der Waals surface area contributed by atoms with E-state index in [2.05, 4.69) is 4.90 Å². The molecule has 0 amide bonds. The summed E-state index contributed by atoms with van der Waals surface area (Å²) in [5.74, 6) is 0.148. The Hall–Kier alpha value is -0.710. The van der Waals surface area contributed by atoms with Gasteiger partial charge >= 0.3 is 0 Å². The fourth-order valence-electron chi connectivity index (χ4n) is 2.74. The van der Waals surface area contributed by atoms with Crippen LogP contribution >= 0.6 is 0 Å². The Morgan fingerprint density at radius 1 is 1.39 bits per heavy atom. The lowest BCUT2D eigenvalue weighted by molar-refractivity contribution is -0.119. The number of carbonyl (C=O) groups excluding carboxylic acids is 1. The Balaban J connectivity index is 2.26. The number of carbonyl (C=O) groups is 1. The van der Waals surface area contributed by atoms with Crippen molar-refractivity contribution in [1.82, 2.24) is 4.90 Å². The smallest absolute Gasteiger partial charge is 0.158 e. The number of aliphatic hydroxyl groups is 1. The van der Waals surface area contributed by atoms with Crippen molar-refractivity contribution in [2.75, 3.05) is 26.3 Å². The second-order valence-electron chi connectivity index (χ2n) is 6.02. The highest BCUT2D eigenvalue weighted by Crippen LogP contribution is 2.34. The van der Waals surface area contributed by atoms with Crippen LogP contribution in [0, 0.1) is 5.41 Å². The quantitative estimate of drug-likeness (QED) is 0.757. The summed E-state index contributed by atoms with van der Waals surface area (Å²) in [6.07, 6.45) is 1.83. The van der Waals surface area contributed by atoms with E-state index in [0.717, 1.165) is 18.7 Å². The van der Waals surface area contributed by atoms with Crippen molar-refractivity contribution in [2.45, 2.75) is 39.3 Å². The van der Waals surface area contributed by atoms with Crippen LogP contribution in [-0.2, 0) is 9.53 Å². The Morgan fingerprint density at radius 2 is 2.00 bits per heavy atom. The molecule has 1 heterocycles. The van der Waals surface area contributed by atoms with Gasteiger partial charge in [-0.3, -0.25) is 9.69 Å². The first-order valence-electron chi connectivity index (χ1n) is 6.63. The standard InChI is InChI=1S/C14H23NO3/c1-10-8-11(15-4-6-18-7-5-15)13(17)14(2,3)9-12(10)16/h8,11,13,17H,4-7,9H2,1-3H3. The van der Waals surface area contributed by atoms with Crippen molar-refractivity contribution in [3.05, 3.63) is 11.6 Å². The predicted octanol–water partition coefficient (Wildman–Crippen LogP) is 0.993. The third kappa shape index (κ3) is 2.66. The number of nitrogens with zero attached hydrogens (tertiary/aromatic N) is 1. The molecule has 2 atom stereocenters. The van der Waals surface area contributed by atoms with E-state index in [0.29, 0.717) is 19.6 Å². The first kappa shape index (κ1) is 13.7. The molecule has 2 rings (SSSR count). The van der Waals surface area contributed by atoms with Crippen molar-refractivity contribution in [3.63, 3.8) is 0 Å². The first-order chi connectivity index (χ1) is 8.42. The van der Waals surface area contributed by atoms with Gasteiger partial charge < -0.3 is 9.84 Å². The van der Waals surface area contributed by atoms with Gasteiger partial charge in [0.05, 0.1) is 25.4 Å². The van der Waals surface area contributed by atoms with Crippen LogP contribution < -0.4 is 0 Å². The average Bonchev–Trinajstić information content (AvgIpc) is 2.41. The molecule has 4 heteroatoms. The Morgan fingerprint density at radius 3 is 2.61 bits per heavy atom. The van der Waals surface area contributed by atoms with Gasteiger partial charge in [-0.2, -0.15) is 0 Å². The molecule has 2 unspecified atom stereocenters. The van der Waals surface area contributed by atoms with Crippen LogP contribution in [-0.4, -0.2) is 54.2 Å². The molecular weight excluding hydrogens is 230 g/mol. The van der Waals surface area contributed by atoms with Gasteiger partial charge in [0.1, 0.15) is 0 Å². The molecule has 0 spiro atoms. The molecule has 1 fully saturated rings. The van der Waals surface area contributed by atoms with E-state index < -0.39 is 6.10 Å². The van der Waals surface area contributed by atoms with Gasteiger partial charge in [0, 0.05) is 19.5 Å². The third-order valence-corrected chi connectivity index (χ3v) is 4.07. The molecule has 1 aliphatic heterocycles. The van der Waals surface area contributed by atoms with Crippen LogP contribution in [0.5, 0.6) is 0 Å². The van der Waals surface area contributed by atoms with Gasteiger partial charge in [-0.25, -0.2) is 0 Å². The fourth-order valence-corrected chi connectivity index (χ4v) is 2.74. The van der Waals surface area contributed by atoms with Crippen molar-refractivity contribution in [2.24, 2.45) is 5.41 Å². The van der Waals surface area contributed by atoms with Crippen LogP contribution in [0.15, 0.2) is 11.6 Å². The molecule has 1 aliphatic carbocycles. The summed E-state index contributed by atoms with van der Waals surface area (Å²) >= 11 is 0. The fraction of sp³-hybridized carbons (Fsp3) is 0.786. The molecule has 0 radical (unpaired) electrons. The predicted molar refractivity (Wildman–Crippen MR) is 69.3 cm³/mol. The van der Waals surface area contributed by atoms with E-state index in [1.807, 2.05) is 26.8 Å². The first-order valence-corrected chi connectivity index (χ1v) is 6.63. The molecule has 0 aromatic heterocycles. The van der Waals surface area contributed by atoms with Crippen LogP contribution in [0.4, 0.5) is 0 Å². The second-order valence-corrected chi connectivity index (χ2v) is 6.02. The molecule has 0 bridgehead atoms. The van der Waals surface area contributed by atoms with Crippen LogP contribution in [0.1, 0.15) is 27.2 Å². The maximum Gasteiger partial charge on any atom is 0.158 e. The summed E-state index contributed by atoms with van der Waals surface area (Å²) in [6, 6.07) is -0.0738. The molecular formula is C14H23NO3. The zero-order valence-electron chi connectivity index (χ0n) is 11.5. The van der Waals surface area contributed by atoms with E-state index in [-0.39, 0.29) is 17.2 Å². The maximum absolute atomic E-state index is 12.0. The van der Waals surface area contributed by atoms with Crippen molar-refractivity contribution in [3.8, 4) is 0 Å². The average molecular weight is 253 g/mol. The number of rotatable bonds is 1. The van der Waals surface area contributed by atoms with Crippen LogP contribution in [0.25, 0.3) is 0 Å². The van der Waals surface area contributed by atoms with E-state index in [9.17, 15) is 9.90 Å². The minimum atomic E-state index is -0.517. The monoisotopic (exact) mass is 253 g/mol. The SMILES string of the molecule is CC1=CC(N2CCOCC2)C(O)C(C)(C)CC1=O. The molecule has 18 heavy (non-hydrogen) atoms. The Labute approximate surface area is 109 Å². The highest BCUT2D eigenvalue weighted by atomic mass is 16.5. The summed E-state index contributed by atoms with van der Waals surface area (Å²) in [5.41, 5.74) is 0.394. The van der Waals surface area contributed by atoms with Crippen molar-refractivity contribution >= 4 is 5.78 Å². The number of aliphatic hydroxyl groups excluding tert-OH is 1. The van der Waals surface area contributed by atoms with E-state index in [1.165, 1.54) is 0 Å².